The van der Waals surface area contributed by atoms with Crippen LogP contribution in [0.5, 0.6) is 0 Å². The van der Waals surface area contributed by atoms with Gasteiger partial charge in [0.2, 0.25) is 5.78 Å². The molecule has 0 bridgehead atoms. The van der Waals surface area contributed by atoms with E-state index in [4.69, 9.17) is 4.74 Å². The Morgan fingerprint density at radius 2 is 2.43 bits per heavy atom. The highest BCUT2D eigenvalue weighted by Gasteiger charge is 2.19. The molecule has 1 heterocycles. The van der Waals surface area contributed by atoms with Gasteiger partial charge >= 0.3 is 0 Å². The summed E-state index contributed by atoms with van der Waals surface area (Å²) in [5.74, 6) is 0.0735. The fourth-order valence-electron chi connectivity index (χ4n) is 1.56. The molecule has 1 aliphatic carbocycles. The van der Waals surface area contributed by atoms with Crippen LogP contribution in [0.1, 0.15) is 29.8 Å². The normalized spacial score (nSPS) is 16.6. The van der Waals surface area contributed by atoms with Crippen molar-refractivity contribution in [2.24, 2.45) is 7.05 Å². The molecular formula is C11H15NO2. The molecule has 2 rings (SSSR count). The molecule has 1 saturated carbocycles. The number of hydrogen-bond donors (Lipinski definition) is 0. The summed E-state index contributed by atoms with van der Waals surface area (Å²) in [6.45, 7) is 0.225. The molecule has 0 radical (unpaired) electrons. The maximum atomic E-state index is 11.6. The van der Waals surface area contributed by atoms with Gasteiger partial charge in [-0.3, -0.25) is 4.79 Å². The Bertz CT molecular complexity index is 326. The van der Waals surface area contributed by atoms with Gasteiger partial charge in [0.15, 0.2) is 0 Å². The van der Waals surface area contributed by atoms with E-state index in [9.17, 15) is 4.79 Å². The molecule has 0 aliphatic heterocycles. The molecule has 1 fully saturated rings. The minimum atomic E-state index is 0.0735. The topological polar surface area (TPSA) is 31.2 Å². The third kappa shape index (κ3) is 1.87. The summed E-state index contributed by atoms with van der Waals surface area (Å²) in [5, 5.41) is 0. The standard InChI is InChI=1S/C11H15NO2/c1-12-7-3-6-10(12)11(13)8-14-9-4-2-5-9/h3,6-7,9H,2,4-5,8H2,1H3. The second-order valence-corrected chi connectivity index (χ2v) is 3.79. The molecular weight excluding hydrogens is 178 g/mol. The molecule has 0 aromatic carbocycles. The Kier molecular flexibility index (Phi) is 2.68. The molecule has 1 aromatic heterocycles. The van der Waals surface area contributed by atoms with Crippen molar-refractivity contribution in [3.05, 3.63) is 24.0 Å². The van der Waals surface area contributed by atoms with E-state index < -0.39 is 0 Å². The van der Waals surface area contributed by atoms with E-state index in [2.05, 4.69) is 0 Å². The summed E-state index contributed by atoms with van der Waals surface area (Å²) < 4.78 is 7.28. The fraction of sp³-hybridized carbons (Fsp3) is 0.545. The van der Waals surface area contributed by atoms with E-state index in [0.29, 0.717) is 6.10 Å². The van der Waals surface area contributed by atoms with Crippen molar-refractivity contribution in [1.82, 2.24) is 4.57 Å². The minimum absolute atomic E-state index is 0.0735. The Hall–Kier alpha value is -1.09. The molecule has 0 amide bonds. The molecule has 1 aliphatic rings. The van der Waals surface area contributed by atoms with Crippen LogP contribution >= 0.6 is 0 Å². The van der Waals surface area contributed by atoms with Crippen molar-refractivity contribution in [2.45, 2.75) is 25.4 Å². The minimum Gasteiger partial charge on any atom is -0.370 e. The highest BCUT2D eigenvalue weighted by Crippen LogP contribution is 2.21. The number of ether oxygens (including phenoxy) is 1. The van der Waals surface area contributed by atoms with Gasteiger partial charge in [-0.15, -0.1) is 0 Å². The number of ketones is 1. The van der Waals surface area contributed by atoms with Crippen molar-refractivity contribution in [3.63, 3.8) is 0 Å². The Morgan fingerprint density at radius 3 is 2.93 bits per heavy atom. The van der Waals surface area contributed by atoms with Gasteiger partial charge in [0.05, 0.1) is 11.8 Å². The van der Waals surface area contributed by atoms with Crippen molar-refractivity contribution >= 4 is 5.78 Å². The first-order valence-corrected chi connectivity index (χ1v) is 5.03. The van der Waals surface area contributed by atoms with Crippen LogP contribution < -0.4 is 0 Å². The number of carbonyl (C=O) groups excluding carboxylic acids is 1. The number of Topliss-reactive ketones (excluding diaryl/α,β-unsaturated/α-hetero) is 1. The fourth-order valence-corrected chi connectivity index (χ4v) is 1.56. The summed E-state index contributed by atoms with van der Waals surface area (Å²) in [7, 11) is 1.87. The lowest BCUT2D eigenvalue weighted by Crippen LogP contribution is -2.25. The van der Waals surface area contributed by atoms with E-state index in [1.807, 2.05) is 29.9 Å². The van der Waals surface area contributed by atoms with Crippen molar-refractivity contribution in [2.75, 3.05) is 6.61 Å². The summed E-state index contributed by atoms with van der Waals surface area (Å²) in [5.41, 5.74) is 0.726. The maximum absolute atomic E-state index is 11.6. The maximum Gasteiger partial charge on any atom is 0.204 e. The number of aromatic nitrogens is 1. The van der Waals surface area contributed by atoms with Crippen LogP contribution in [-0.4, -0.2) is 23.1 Å². The largest absolute Gasteiger partial charge is 0.370 e. The van der Waals surface area contributed by atoms with Crippen LogP contribution in [-0.2, 0) is 11.8 Å². The Labute approximate surface area is 83.7 Å². The van der Waals surface area contributed by atoms with Gasteiger partial charge in [-0.2, -0.15) is 0 Å². The highest BCUT2D eigenvalue weighted by molar-refractivity contribution is 5.95. The summed E-state index contributed by atoms with van der Waals surface area (Å²) in [6.07, 6.45) is 5.67. The lowest BCUT2D eigenvalue weighted by atomic mass is 9.96. The van der Waals surface area contributed by atoms with Gasteiger partial charge in [-0.05, 0) is 31.4 Å². The second kappa shape index (κ2) is 3.96. The van der Waals surface area contributed by atoms with Gasteiger partial charge in [-0.25, -0.2) is 0 Å². The van der Waals surface area contributed by atoms with E-state index >= 15 is 0 Å². The SMILES string of the molecule is Cn1cccc1C(=O)COC1CCC1. The van der Waals surface area contributed by atoms with Gasteiger partial charge in [0.1, 0.15) is 6.61 Å². The first-order chi connectivity index (χ1) is 6.77. The Balaban J connectivity index is 1.86. The van der Waals surface area contributed by atoms with E-state index in [1.165, 1.54) is 6.42 Å². The lowest BCUT2D eigenvalue weighted by Gasteiger charge is -2.25. The van der Waals surface area contributed by atoms with Gasteiger partial charge < -0.3 is 9.30 Å². The van der Waals surface area contributed by atoms with E-state index in [0.717, 1.165) is 18.5 Å². The number of aryl methyl sites for hydroxylation is 1. The smallest absolute Gasteiger partial charge is 0.204 e. The molecule has 14 heavy (non-hydrogen) atoms. The average Bonchev–Trinajstić information content (AvgIpc) is 2.48. The first kappa shape index (κ1) is 9.46. The number of carbonyl (C=O) groups is 1. The zero-order valence-corrected chi connectivity index (χ0v) is 8.40. The third-order valence-corrected chi connectivity index (χ3v) is 2.73. The van der Waals surface area contributed by atoms with Crippen LogP contribution in [0.3, 0.4) is 0 Å². The van der Waals surface area contributed by atoms with Gasteiger partial charge in [0.25, 0.3) is 0 Å². The predicted octanol–water partition coefficient (Wildman–Crippen LogP) is 1.78. The zero-order valence-electron chi connectivity index (χ0n) is 8.40. The van der Waals surface area contributed by atoms with Crippen LogP contribution in [0, 0.1) is 0 Å². The second-order valence-electron chi connectivity index (χ2n) is 3.79. The molecule has 0 spiro atoms. The Morgan fingerprint density at radius 1 is 1.64 bits per heavy atom. The number of hydrogen-bond acceptors (Lipinski definition) is 2. The molecule has 0 saturated heterocycles. The van der Waals surface area contributed by atoms with Crippen LogP contribution in [0.25, 0.3) is 0 Å². The molecule has 76 valence electrons. The third-order valence-electron chi connectivity index (χ3n) is 2.73. The highest BCUT2D eigenvalue weighted by atomic mass is 16.5. The molecule has 0 N–H and O–H groups in total. The van der Waals surface area contributed by atoms with E-state index in [1.54, 1.807) is 0 Å². The van der Waals surface area contributed by atoms with Crippen molar-refractivity contribution in [3.8, 4) is 0 Å². The zero-order chi connectivity index (χ0) is 9.97. The molecule has 1 aromatic rings. The van der Waals surface area contributed by atoms with Gasteiger partial charge in [0, 0.05) is 13.2 Å². The molecule has 0 unspecified atom stereocenters. The molecule has 0 atom stereocenters. The van der Waals surface area contributed by atoms with Crippen LogP contribution in [0.15, 0.2) is 18.3 Å². The summed E-state index contributed by atoms with van der Waals surface area (Å²) in [4.78, 5) is 11.6. The van der Waals surface area contributed by atoms with Crippen LogP contribution in [0.4, 0.5) is 0 Å². The molecule has 3 nitrogen and oxygen atoms in total. The van der Waals surface area contributed by atoms with Crippen molar-refractivity contribution in [1.29, 1.82) is 0 Å². The first-order valence-electron chi connectivity index (χ1n) is 5.03. The van der Waals surface area contributed by atoms with Crippen molar-refractivity contribution < 1.29 is 9.53 Å². The number of rotatable bonds is 4. The predicted molar refractivity (Wildman–Crippen MR) is 53.3 cm³/mol. The summed E-state index contributed by atoms with van der Waals surface area (Å²) >= 11 is 0. The quantitative estimate of drug-likeness (QED) is 0.682. The van der Waals surface area contributed by atoms with Gasteiger partial charge in [-0.1, -0.05) is 0 Å². The number of nitrogens with zero attached hydrogens (tertiary/aromatic N) is 1. The molecule has 3 heteroatoms. The monoisotopic (exact) mass is 193 g/mol. The average molecular weight is 193 g/mol. The lowest BCUT2D eigenvalue weighted by molar-refractivity contribution is 0.00699. The summed E-state index contributed by atoms with van der Waals surface area (Å²) in [6, 6.07) is 3.70. The van der Waals surface area contributed by atoms with Crippen LogP contribution in [0.2, 0.25) is 0 Å². The van der Waals surface area contributed by atoms with E-state index in [-0.39, 0.29) is 12.4 Å².